The maximum absolute atomic E-state index is 11.4. The third kappa shape index (κ3) is 3.37. The van der Waals surface area contributed by atoms with Crippen molar-refractivity contribution >= 4 is 29.2 Å². The molecule has 1 aromatic carbocycles. The van der Waals surface area contributed by atoms with Crippen LogP contribution >= 0.6 is 23.2 Å². The summed E-state index contributed by atoms with van der Waals surface area (Å²) in [6.07, 6.45) is 4.36. The molecular formula is C13H15Cl2NO2. The predicted octanol–water partition coefficient (Wildman–Crippen LogP) is 3.65. The van der Waals surface area contributed by atoms with Crippen LogP contribution in [0.2, 0.25) is 10.0 Å². The number of aliphatic carboxylic acids is 1. The Balaban J connectivity index is 2.20. The van der Waals surface area contributed by atoms with Gasteiger partial charge in [-0.05, 0) is 36.6 Å². The molecule has 0 aliphatic heterocycles. The second-order valence-electron chi connectivity index (χ2n) is 4.62. The summed E-state index contributed by atoms with van der Waals surface area (Å²) >= 11 is 11.8. The Morgan fingerprint density at radius 2 is 1.78 bits per heavy atom. The summed E-state index contributed by atoms with van der Waals surface area (Å²) in [4.78, 5) is 11.4. The van der Waals surface area contributed by atoms with E-state index < -0.39 is 12.0 Å². The fourth-order valence-electron chi connectivity index (χ4n) is 2.38. The van der Waals surface area contributed by atoms with Gasteiger partial charge in [-0.15, -0.1) is 0 Å². The maximum Gasteiger partial charge on any atom is 0.325 e. The molecule has 0 heterocycles. The Morgan fingerprint density at radius 1 is 1.22 bits per heavy atom. The van der Waals surface area contributed by atoms with Gasteiger partial charge in [-0.25, -0.2) is 0 Å². The molecule has 0 radical (unpaired) electrons. The highest BCUT2D eigenvalue weighted by Crippen LogP contribution is 2.26. The Bertz CT molecular complexity index is 424. The minimum Gasteiger partial charge on any atom is -0.480 e. The van der Waals surface area contributed by atoms with Crippen molar-refractivity contribution in [3.63, 3.8) is 0 Å². The first-order valence-electron chi connectivity index (χ1n) is 6.01. The molecule has 2 rings (SSSR count). The lowest BCUT2D eigenvalue weighted by Gasteiger charge is -2.20. The molecule has 2 N–H and O–H groups in total. The summed E-state index contributed by atoms with van der Waals surface area (Å²) in [7, 11) is 0. The van der Waals surface area contributed by atoms with Gasteiger partial charge in [0, 0.05) is 16.1 Å². The van der Waals surface area contributed by atoms with Crippen molar-refractivity contribution in [1.82, 2.24) is 5.32 Å². The van der Waals surface area contributed by atoms with E-state index in [0.717, 1.165) is 25.7 Å². The number of halogens is 2. The van der Waals surface area contributed by atoms with Crippen LogP contribution in [0.1, 0.15) is 37.3 Å². The third-order valence-corrected chi connectivity index (χ3v) is 3.66. The van der Waals surface area contributed by atoms with Gasteiger partial charge in [0.2, 0.25) is 0 Å². The van der Waals surface area contributed by atoms with Crippen LogP contribution in [0, 0.1) is 0 Å². The smallest absolute Gasteiger partial charge is 0.325 e. The predicted molar refractivity (Wildman–Crippen MR) is 72.2 cm³/mol. The average Bonchev–Trinajstić information content (AvgIpc) is 2.76. The van der Waals surface area contributed by atoms with Crippen molar-refractivity contribution in [2.75, 3.05) is 0 Å². The molecule has 5 heteroatoms. The summed E-state index contributed by atoms with van der Waals surface area (Å²) in [5.74, 6) is -0.903. The van der Waals surface area contributed by atoms with Crippen LogP contribution < -0.4 is 5.32 Å². The largest absolute Gasteiger partial charge is 0.480 e. The van der Waals surface area contributed by atoms with Crippen LogP contribution in [0.15, 0.2) is 18.2 Å². The van der Waals surface area contributed by atoms with Gasteiger partial charge in [-0.2, -0.15) is 0 Å². The maximum atomic E-state index is 11.4. The Kier molecular flexibility index (Phi) is 4.49. The van der Waals surface area contributed by atoms with E-state index in [4.69, 9.17) is 23.2 Å². The van der Waals surface area contributed by atoms with Crippen molar-refractivity contribution in [2.45, 2.75) is 37.8 Å². The van der Waals surface area contributed by atoms with Gasteiger partial charge in [0.05, 0.1) is 0 Å². The van der Waals surface area contributed by atoms with Gasteiger partial charge in [-0.3, -0.25) is 10.1 Å². The van der Waals surface area contributed by atoms with E-state index in [1.807, 2.05) is 0 Å². The highest BCUT2D eigenvalue weighted by Gasteiger charge is 2.25. The molecule has 1 aliphatic rings. The monoisotopic (exact) mass is 287 g/mol. The van der Waals surface area contributed by atoms with Crippen LogP contribution in [0.4, 0.5) is 0 Å². The van der Waals surface area contributed by atoms with Crippen molar-refractivity contribution in [3.05, 3.63) is 33.8 Å². The Morgan fingerprint density at radius 3 is 2.28 bits per heavy atom. The second-order valence-corrected chi connectivity index (χ2v) is 5.49. The number of nitrogens with one attached hydrogen (secondary N) is 1. The van der Waals surface area contributed by atoms with Gasteiger partial charge in [0.1, 0.15) is 6.04 Å². The first kappa shape index (κ1) is 13.7. The molecule has 98 valence electrons. The third-order valence-electron chi connectivity index (χ3n) is 3.22. The molecular weight excluding hydrogens is 273 g/mol. The SMILES string of the molecule is O=C(O)C(NC1CCCC1)c1cc(Cl)cc(Cl)c1. The zero-order chi connectivity index (χ0) is 13.1. The highest BCUT2D eigenvalue weighted by molar-refractivity contribution is 6.34. The van der Waals surface area contributed by atoms with E-state index in [2.05, 4.69) is 5.32 Å². The van der Waals surface area contributed by atoms with Crippen molar-refractivity contribution in [1.29, 1.82) is 0 Å². The lowest BCUT2D eigenvalue weighted by molar-refractivity contribution is -0.139. The zero-order valence-electron chi connectivity index (χ0n) is 9.83. The number of hydrogen-bond donors (Lipinski definition) is 2. The zero-order valence-corrected chi connectivity index (χ0v) is 11.3. The molecule has 1 aromatic rings. The number of benzene rings is 1. The fourth-order valence-corrected chi connectivity index (χ4v) is 2.92. The van der Waals surface area contributed by atoms with Crippen molar-refractivity contribution in [3.8, 4) is 0 Å². The summed E-state index contributed by atoms with van der Waals surface area (Å²) < 4.78 is 0. The van der Waals surface area contributed by atoms with Gasteiger partial charge >= 0.3 is 5.97 Å². The molecule has 1 unspecified atom stereocenters. The number of carboxylic acids is 1. The number of hydrogen-bond acceptors (Lipinski definition) is 2. The van der Waals surface area contributed by atoms with Gasteiger partial charge in [0.25, 0.3) is 0 Å². The normalized spacial score (nSPS) is 17.9. The molecule has 1 fully saturated rings. The van der Waals surface area contributed by atoms with Crippen LogP contribution in [0.25, 0.3) is 0 Å². The van der Waals surface area contributed by atoms with E-state index in [9.17, 15) is 9.90 Å². The Hall–Kier alpha value is -0.770. The number of rotatable bonds is 4. The van der Waals surface area contributed by atoms with Crippen molar-refractivity contribution in [2.24, 2.45) is 0 Å². The minimum absolute atomic E-state index is 0.267. The van der Waals surface area contributed by atoms with Crippen molar-refractivity contribution < 1.29 is 9.90 Å². The molecule has 0 saturated heterocycles. The van der Waals surface area contributed by atoms with Crippen LogP contribution in [-0.4, -0.2) is 17.1 Å². The van der Waals surface area contributed by atoms with Gasteiger partial charge in [-0.1, -0.05) is 36.0 Å². The summed E-state index contributed by atoms with van der Waals surface area (Å²) in [5, 5.41) is 13.4. The fraction of sp³-hybridized carbons (Fsp3) is 0.462. The van der Waals surface area contributed by atoms with Crippen LogP contribution in [0.3, 0.4) is 0 Å². The Labute approximate surface area is 116 Å². The molecule has 3 nitrogen and oxygen atoms in total. The first-order chi connectivity index (χ1) is 8.56. The highest BCUT2D eigenvalue weighted by atomic mass is 35.5. The lowest BCUT2D eigenvalue weighted by atomic mass is 10.1. The summed E-state index contributed by atoms with van der Waals surface area (Å²) in [6, 6.07) is 4.41. The summed E-state index contributed by atoms with van der Waals surface area (Å²) in [6.45, 7) is 0. The first-order valence-corrected chi connectivity index (χ1v) is 6.76. The molecule has 1 saturated carbocycles. The number of carbonyl (C=O) groups is 1. The van der Waals surface area contributed by atoms with E-state index in [0.29, 0.717) is 15.6 Å². The summed E-state index contributed by atoms with van der Waals surface area (Å²) in [5.41, 5.74) is 0.604. The minimum atomic E-state index is -0.903. The molecule has 1 atom stereocenters. The van der Waals surface area contributed by atoms with E-state index in [1.165, 1.54) is 0 Å². The number of carboxylic acid groups (broad SMARTS) is 1. The molecule has 0 aromatic heterocycles. The topological polar surface area (TPSA) is 49.3 Å². The second kappa shape index (κ2) is 5.91. The molecule has 0 amide bonds. The molecule has 0 spiro atoms. The average molecular weight is 288 g/mol. The standard InChI is InChI=1S/C13H15Cl2NO2/c14-9-5-8(6-10(15)7-9)12(13(17)18)16-11-3-1-2-4-11/h5-7,11-12,16H,1-4H2,(H,17,18). The quantitative estimate of drug-likeness (QED) is 0.889. The van der Waals surface area contributed by atoms with Gasteiger partial charge in [0.15, 0.2) is 0 Å². The lowest BCUT2D eigenvalue weighted by Crippen LogP contribution is -2.35. The molecule has 0 bridgehead atoms. The van der Waals surface area contributed by atoms with Crippen LogP contribution in [0.5, 0.6) is 0 Å². The van der Waals surface area contributed by atoms with E-state index in [1.54, 1.807) is 18.2 Å². The van der Waals surface area contributed by atoms with E-state index >= 15 is 0 Å². The van der Waals surface area contributed by atoms with E-state index in [-0.39, 0.29) is 6.04 Å². The molecule has 1 aliphatic carbocycles. The van der Waals surface area contributed by atoms with Crippen LogP contribution in [-0.2, 0) is 4.79 Å². The molecule has 18 heavy (non-hydrogen) atoms. The van der Waals surface area contributed by atoms with Gasteiger partial charge < -0.3 is 5.11 Å².